The Labute approximate surface area is 109 Å². The van der Waals surface area contributed by atoms with Gasteiger partial charge in [-0.25, -0.2) is 9.37 Å². The average Bonchev–Trinajstić information content (AvgIpc) is 2.76. The summed E-state index contributed by atoms with van der Waals surface area (Å²) in [6, 6.07) is 1.75. The Morgan fingerprint density at radius 1 is 1.53 bits per heavy atom. The number of hydrogen-bond donors (Lipinski definition) is 2. The summed E-state index contributed by atoms with van der Waals surface area (Å²) in [5, 5.41) is 0.887. The fourth-order valence-corrected chi connectivity index (χ4v) is 2.21. The van der Waals surface area contributed by atoms with Crippen molar-refractivity contribution < 1.29 is 9.13 Å². The van der Waals surface area contributed by atoms with Crippen LogP contribution in [-0.2, 0) is 0 Å². The summed E-state index contributed by atoms with van der Waals surface area (Å²) in [6.07, 6.45) is 6.37. The van der Waals surface area contributed by atoms with Crippen molar-refractivity contribution in [1.29, 1.82) is 0 Å². The van der Waals surface area contributed by atoms with Crippen LogP contribution in [0.3, 0.4) is 0 Å². The Balaban J connectivity index is 1.94. The van der Waals surface area contributed by atoms with Crippen molar-refractivity contribution >= 4 is 11.0 Å². The first-order valence-electron chi connectivity index (χ1n) is 6.07. The lowest BCUT2D eigenvalue weighted by molar-refractivity contribution is 0.210. The molecule has 98 valence electrons. The molecule has 3 rings (SSSR count). The first-order chi connectivity index (χ1) is 9.15. The molecule has 4 nitrogen and oxygen atoms in total. The number of H-pyrrole nitrogens is 1. The van der Waals surface area contributed by atoms with E-state index in [4.69, 9.17) is 10.5 Å². The molecular formula is C14H14FN3O. The lowest BCUT2D eigenvalue weighted by Gasteiger charge is -2.19. The molecule has 3 N–H and O–H groups in total. The van der Waals surface area contributed by atoms with E-state index in [-0.39, 0.29) is 5.83 Å². The maximum atomic E-state index is 13.8. The van der Waals surface area contributed by atoms with Gasteiger partial charge in [0.05, 0.1) is 5.39 Å². The summed E-state index contributed by atoms with van der Waals surface area (Å²) < 4.78 is 19.6. The molecule has 1 aliphatic carbocycles. The predicted molar refractivity (Wildman–Crippen MR) is 71.3 cm³/mol. The van der Waals surface area contributed by atoms with E-state index in [0.717, 1.165) is 16.6 Å². The van der Waals surface area contributed by atoms with Gasteiger partial charge in [-0.15, -0.1) is 0 Å². The maximum Gasteiger partial charge on any atom is 0.153 e. The number of nitrogens with two attached hydrogens (primary N) is 1. The van der Waals surface area contributed by atoms with Crippen LogP contribution in [0.5, 0.6) is 5.75 Å². The van der Waals surface area contributed by atoms with Crippen molar-refractivity contribution in [3.05, 3.63) is 47.7 Å². The number of pyridine rings is 1. The van der Waals surface area contributed by atoms with E-state index in [1.165, 1.54) is 6.08 Å². The summed E-state index contributed by atoms with van der Waals surface area (Å²) in [5.41, 5.74) is 7.76. The first kappa shape index (κ1) is 11.8. The number of nitrogens with one attached hydrogen (secondary N) is 1. The minimum Gasteiger partial charge on any atom is -0.482 e. The number of allylic oxidation sites excluding steroid dienone is 1. The van der Waals surface area contributed by atoms with Crippen LogP contribution in [0.25, 0.3) is 11.0 Å². The van der Waals surface area contributed by atoms with Gasteiger partial charge in [-0.05, 0) is 24.6 Å². The Hall–Kier alpha value is -2.30. The van der Waals surface area contributed by atoms with E-state index < -0.39 is 6.10 Å². The van der Waals surface area contributed by atoms with Crippen molar-refractivity contribution in [2.75, 3.05) is 0 Å². The monoisotopic (exact) mass is 259 g/mol. The molecular weight excluding hydrogens is 245 g/mol. The molecule has 2 heterocycles. The van der Waals surface area contributed by atoms with Gasteiger partial charge in [-0.1, -0.05) is 6.08 Å². The molecule has 5 heteroatoms. The molecule has 0 amide bonds. The Morgan fingerprint density at radius 2 is 2.37 bits per heavy atom. The molecule has 19 heavy (non-hydrogen) atoms. The van der Waals surface area contributed by atoms with E-state index >= 15 is 0 Å². The molecule has 1 unspecified atom stereocenters. The number of aromatic amines is 1. The Bertz CT molecular complexity index is 687. The Kier molecular flexibility index (Phi) is 2.74. The van der Waals surface area contributed by atoms with Gasteiger partial charge in [-0.2, -0.15) is 0 Å². The number of rotatable bonds is 2. The first-order valence-corrected chi connectivity index (χ1v) is 6.07. The molecule has 1 atom stereocenters. The second kappa shape index (κ2) is 4.42. The second-order valence-electron chi connectivity index (χ2n) is 4.58. The largest absolute Gasteiger partial charge is 0.482 e. The molecule has 0 spiro atoms. The minimum absolute atomic E-state index is 0.349. The lowest BCUT2D eigenvalue weighted by atomic mass is 10.1. The number of hydrogen-bond acceptors (Lipinski definition) is 3. The van der Waals surface area contributed by atoms with Gasteiger partial charge in [-0.3, -0.25) is 0 Å². The topological polar surface area (TPSA) is 63.9 Å². The van der Waals surface area contributed by atoms with Crippen LogP contribution < -0.4 is 10.5 Å². The summed E-state index contributed by atoms with van der Waals surface area (Å²) in [5.74, 6) is 0.282. The number of nitrogens with zero attached hydrogens (tertiary/aromatic N) is 1. The van der Waals surface area contributed by atoms with E-state index in [1.807, 2.05) is 13.1 Å². The van der Waals surface area contributed by atoms with Crippen LogP contribution in [0.1, 0.15) is 12.0 Å². The fraction of sp³-hybridized carbons (Fsp3) is 0.214. The van der Waals surface area contributed by atoms with Crippen LogP contribution in [0.4, 0.5) is 4.39 Å². The van der Waals surface area contributed by atoms with Crippen LogP contribution in [0.2, 0.25) is 0 Å². The van der Waals surface area contributed by atoms with Crippen LogP contribution in [0, 0.1) is 6.92 Å². The molecule has 2 aromatic heterocycles. The second-order valence-corrected chi connectivity index (χ2v) is 4.58. The third kappa shape index (κ3) is 2.07. The number of fused-ring (bicyclic) bond motifs is 1. The van der Waals surface area contributed by atoms with Gasteiger partial charge in [0.25, 0.3) is 0 Å². The van der Waals surface area contributed by atoms with Crippen LogP contribution in [0.15, 0.2) is 42.1 Å². The predicted octanol–water partition coefficient (Wildman–Crippen LogP) is 2.72. The highest BCUT2D eigenvalue weighted by Crippen LogP contribution is 2.30. The number of ether oxygens (including phenoxy) is 1. The van der Waals surface area contributed by atoms with E-state index in [9.17, 15) is 4.39 Å². The highest BCUT2D eigenvalue weighted by atomic mass is 19.1. The van der Waals surface area contributed by atoms with Crippen molar-refractivity contribution in [3.63, 3.8) is 0 Å². The molecule has 0 fully saturated rings. The van der Waals surface area contributed by atoms with Gasteiger partial charge in [0, 0.05) is 24.5 Å². The smallest absolute Gasteiger partial charge is 0.153 e. The normalized spacial score (nSPS) is 19.2. The summed E-state index contributed by atoms with van der Waals surface area (Å²) in [4.78, 5) is 7.26. The Morgan fingerprint density at radius 3 is 3.16 bits per heavy atom. The summed E-state index contributed by atoms with van der Waals surface area (Å²) >= 11 is 0. The molecule has 0 aromatic carbocycles. The fourth-order valence-electron chi connectivity index (χ4n) is 2.21. The maximum absolute atomic E-state index is 13.8. The zero-order valence-electron chi connectivity index (χ0n) is 10.5. The van der Waals surface area contributed by atoms with Gasteiger partial charge >= 0.3 is 0 Å². The van der Waals surface area contributed by atoms with Crippen molar-refractivity contribution in [1.82, 2.24) is 9.97 Å². The zero-order chi connectivity index (χ0) is 13.4. The van der Waals surface area contributed by atoms with E-state index in [2.05, 4.69) is 9.97 Å². The van der Waals surface area contributed by atoms with Gasteiger partial charge in [0.2, 0.25) is 0 Å². The molecule has 1 aliphatic rings. The molecule has 0 saturated heterocycles. The number of halogens is 1. The zero-order valence-corrected chi connectivity index (χ0v) is 10.5. The SMILES string of the molecule is Cc1c[nH]c2nccc(OC3CC=C(N)C=C3F)c12. The van der Waals surface area contributed by atoms with Gasteiger partial charge < -0.3 is 15.5 Å². The lowest BCUT2D eigenvalue weighted by Crippen LogP contribution is -2.20. The standard InChI is InChI=1S/C14H14FN3O/c1-8-7-18-14-13(8)12(4-5-17-14)19-11-3-2-9(16)6-10(11)15/h2,4-7,11H,3,16H2,1H3,(H,17,18). The van der Waals surface area contributed by atoms with Crippen LogP contribution >= 0.6 is 0 Å². The third-order valence-corrected chi connectivity index (χ3v) is 3.18. The number of aryl methyl sites for hydroxylation is 1. The molecule has 2 aromatic rings. The highest BCUT2D eigenvalue weighted by Gasteiger charge is 2.20. The average molecular weight is 259 g/mol. The molecule has 0 saturated carbocycles. The van der Waals surface area contributed by atoms with Crippen molar-refractivity contribution in [2.24, 2.45) is 5.73 Å². The van der Waals surface area contributed by atoms with Gasteiger partial charge in [0.15, 0.2) is 6.10 Å². The molecule has 0 radical (unpaired) electrons. The van der Waals surface area contributed by atoms with E-state index in [0.29, 0.717) is 17.9 Å². The van der Waals surface area contributed by atoms with Crippen molar-refractivity contribution in [2.45, 2.75) is 19.4 Å². The number of aromatic nitrogens is 2. The molecule has 0 bridgehead atoms. The minimum atomic E-state index is -0.618. The molecule has 0 aliphatic heterocycles. The summed E-state index contributed by atoms with van der Waals surface area (Å²) in [7, 11) is 0. The van der Waals surface area contributed by atoms with E-state index in [1.54, 1.807) is 18.3 Å². The third-order valence-electron chi connectivity index (χ3n) is 3.18. The van der Waals surface area contributed by atoms with Crippen LogP contribution in [-0.4, -0.2) is 16.1 Å². The highest BCUT2D eigenvalue weighted by molar-refractivity contribution is 5.86. The van der Waals surface area contributed by atoms with Crippen molar-refractivity contribution in [3.8, 4) is 5.75 Å². The summed E-state index contributed by atoms with van der Waals surface area (Å²) in [6.45, 7) is 1.96. The van der Waals surface area contributed by atoms with Gasteiger partial charge in [0.1, 0.15) is 17.2 Å². The quantitative estimate of drug-likeness (QED) is 0.871.